The van der Waals surface area contributed by atoms with Crippen molar-refractivity contribution in [3.8, 4) is 28.8 Å². The second-order valence-corrected chi connectivity index (χ2v) is 14.8. The molecule has 3 aromatic carbocycles. The van der Waals surface area contributed by atoms with Crippen LogP contribution in [0.25, 0.3) is 11.3 Å². The van der Waals surface area contributed by atoms with Gasteiger partial charge in [0.25, 0.3) is 23.6 Å². The van der Waals surface area contributed by atoms with Crippen LogP contribution in [0.1, 0.15) is 58.5 Å². The maximum absolute atomic E-state index is 15.7. The summed E-state index contributed by atoms with van der Waals surface area (Å²) in [4.78, 5) is 82.6. The predicted octanol–water partition coefficient (Wildman–Crippen LogP) is 5.27. The van der Waals surface area contributed by atoms with Crippen LogP contribution < -0.4 is 29.9 Å². The van der Waals surface area contributed by atoms with Crippen molar-refractivity contribution in [3.05, 3.63) is 113 Å². The minimum Gasteiger partial charge on any atom is -0.486 e. The van der Waals surface area contributed by atoms with Crippen LogP contribution in [0.5, 0.6) is 11.5 Å². The van der Waals surface area contributed by atoms with E-state index in [1.165, 1.54) is 38.1 Å². The summed E-state index contributed by atoms with van der Waals surface area (Å²) in [5.41, 5.74) is -6.96. The number of fused-ring (bicyclic) bond motifs is 1. The smallest absolute Gasteiger partial charge is 0.420 e. The minimum atomic E-state index is -5.30. The predicted molar refractivity (Wildman–Crippen MR) is 206 cm³/mol. The Bertz CT molecular complexity index is 2750. The van der Waals surface area contributed by atoms with Crippen LogP contribution in [0.3, 0.4) is 0 Å². The number of ether oxygens (including phenoxy) is 2. The van der Waals surface area contributed by atoms with E-state index in [9.17, 15) is 41.9 Å². The number of aromatic nitrogens is 1. The van der Waals surface area contributed by atoms with Gasteiger partial charge in [0.05, 0.1) is 46.9 Å². The van der Waals surface area contributed by atoms with Crippen molar-refractivity contribution in [1.82, 2.24) is 20.5 Å². The van der Waals surface area contributed by atoms with Crippen molar-refractivity contribution in [1.29, 1.82) is 5.26 Å². The lowest BCUT2D eigenvalue weighted by molar-refractivity contribution is -0.140. The molecule has 0 radical (unpaired) electrons. The molecule has 64 heavy (non-hydrogen) atoms. The number of benzene rings is 3. The number of imide groups is 2. The lowest BCUT2D eigenvalue weighted by Crippen LogP contribution is -2.54. The summed E-state index contributed by atoms with van der Waals surface area (Å²) < 4.78 is 113. The van der Waals surface area contributed by atoms with Gasteiger partial charge in [-0.05, 0) is 56.7 Å². The van der Waals surface area contributed by atoms with Gasteiger partial charge in [-0.3, -0.25) is 48.9 Å². The third kappa shape index (κ3) is 7.68. The highest BCUT2D eigenvalue weighted by Crippen LogP contribution is 2.45. The number of alkyl halides is 3. The first kappa shape index (κ1) is 44.2. The molecule has 15 nitrogen and oxygen atoms in total. The van der Waals surface area contributed by atoms with Crippen molar-refractivity contribution in [3.63, 3.8) is 0 Å². The number of piperidine rings is 1. The first-order chi connectivity index (χ1) is 30.2. The Hall–Kier alpha value is -7.83. The van der Waals surface area contributed by atoms with E-state index in [4.69, 9.17) is 14.7 Å². The summed E-state index contributed by atoms with van der Waals surface area (Å²) in [5, 5.41) is 13.6. The fraction of sp³-hybridized carbons (Fsp3) is 0.238. The standard InChI is InChI=1S/C42H30F7N7O8/c1-19-54(27-8-7-20(16-50)33(34(27)46)42(47,48)49)40(62)41(2,3)56(19)22-15-24(43)35(52-17-22)21-13-25(44)36(26(45)14-21)63-12-11-51-31(58)18-64-29-6-4-5-23-32(29)39(61)55(38(23)60)28-9-10-30(57)53-37(28)59/h4-8,13-15,17,28H,1,9-12,18H2,2-3H3,(H,51,58)(H,53,57,59). The molecule has 0 saturated carbocycles. The maximum atomic E-state index is 15.7. The molecule has 7 rings (SSSR count). The third-order valence-electron chi connectivity index (χ3n) is 10.4. The Morgan fingerprint density at radius 2 is 1.70 bits per heavy atom. The Labute approximate surface area is 356 Å². The van der Waals surface area contributed by atoms with Gasteiger partial charge in [-0.1, -0.05) is 12.6 Å². The number of halogens is 7. The summed E-state index contributed by atoms with van der Waals surface area (Å²) in [6.45, 7) is 4.84. The van der Waals surface area contributed by atoms with Gasteiger partial charge < -0.3 is 19.7 Å². The number of pyridine rings is 1. The van der Waals surface area contributed by atoms with Crippen molar-refractivity contribution in [2.75, 3.05) is 29.6 Å². The monoisotopic (exact) mass is 893 g/mol. The average Bonchev–Trinajstić information content (AvgIpc) is 3.58. The van der Waals surface area contributed by atoms with Crippen LogP contribution in [0, 0.1) is 34.6 Å². The molecule has 0 spiro atoms. The Morgan fingerprint density at radius 1 is 1.00 bits per heavy atom. The van der Waals surface area contributed by atoms with Crippen LogP contribution >= 0.6 is 0 Å². The number of nitriles is 1. The molecule has 4 aromatic rings. The van der Waals surface area contributed by atoms with E-state index in [-0.39, 0.29) is 42.0 Å². The van der Waals surface area contributed by atoms with E-state index in [2.05, 4.69) is 22.2 Å². The fourth-order valence-electron chi connectivity index (χ4n) is 7.48. The van der Waals surface area contributed by atoms with E-state index in [1.807, 2.05) is 0 Å². The first-order valence-corrected chi connectivity index (χ1v) is 18.8. The van der Waals surface area contributed by atoms with Gasteiger partial charge in [-0.25, -0.2) is 17.6 Å². The second kappa shape index (κ2) is 16.5. The van der Waals surface area contributed by atoms with Crippen LogP contribution in [-0.4, -0.2) is 76.7 Å². The summed E-state index contributed by atoms with van der Waals surface area (Å²) >= 11 is 0. The molecule has 0 aliphatic carbocycles. The SMILES string of the molecule is C=C1N(c2ccc(C#N)c(C(F)(F)F)c2F)C(=O)C(C)(C)N1c1cnc(-c2cc(F)c(OCCNC(=O)COc3cccc4c3C(=O)N(C3CCC(=O)NC3=O)C4=O)c(F)c2)c(F)c1. The molecular weight excluding hydrogens is 863 g/mol. The summed E-state index contributed by atoms with van der Waals surface area (Å²) in [6.07, 6.45) is -4.47. The lowest BCUT2D eigenvalue weighted by Gasteiger charge is -2.30. The van der Waals surface area contributed by atoms with Gasteiger partial charge in [0.2, 0.25) is 11.8 Å². The zero-order valence-electron chi connectivity index (χ0n) is 33.2. The highest BCUT2D eigenvalue weighted by molar-refractivity contribution is 6.24. The van der Waals surface area contributed by atoms with Crippen LogP contribution in [-0.2, 0) is 25.4 Å². The summed E-state index contributed by atoms with van der Waals surface area (Å²) in [5.74, 6) is -11.9. The van der Waals surface area contributed by atoms with Crippen molar-refractivity contribution in [2.45, 2.75) is 44.4 Å². The topological polar surface area (TPSA) is 191 Å². The molecule has 1 aromatic heterocycles. The minimum absolute atomic E-state index is 0.0711. The highest BCUT2D eigenvalue weighted by Gasteiger charge is 2.51. The van der Waals surface area contributed by atoms with Crippen LogP contribution in [0.4, 0.5) is 42.1 Å². The van der Waals surface area contributed by atoms with Crippen molar-refractivity contribution >= 4 is 46.8 Å². The van der Waals surface area contributed by atoms with Gasteiger partial charge in [0.15, 0.2) is 35.6 Å². The van der Waals surface area contributed by atoms with E-state index >= 15 is 17.6 Å². The summed E-state index contributed by atoms with van der Waals surface area (Å²) in [7, 11) is 0. The zero-order chi connectivity index (χ0) is 46.6. The number of amides is 6. The number of anilines is 2. The highest BCUT2D eigenvalue weighted by atomic mass is 19.4. The van der Waals surface area contributed by atoms with E-state index in [1.54, 1.807) is 0 Å². The van der Waals surface area contributed by atoms with Crippen molar-refractivity contribution in [2.24, 2.45) is 0 Å². The van der Waals surface area contributed by atoms with E-state index in [0.29, 0.717) is 23.1 Å². The van der Waals surface area contributed by atoms with Gasteiger partial charge in [0.1, 0.15) is 41.0 Å². The number of hydrogen-bond acceptors (Lipinski definition) is 11. The quantitative estimate of drug-likeness (QED) is 0.113. The molecule has 2 fully saturated rings. The number of rotatable bonds is 11. The van der Waals surface area contributed by atoms with Gasteiger partial charge in [-0.2, -0.15) is 18.4 Å². The van der Waals surface area contributed by atoms with Gasteiger partial charge >= 0.3 is 6.18 Å². The maximum Gasteiger partial charge on any atom is 0.420 e. The Kier molecular flexibility index (Phi) is 11.4. The molecule has 1 atom stereocenters. The lowest BCUT2D eigenvalue weighted by atomic mass is 10.0. The van der Waals surface area contributed by atoms with Crippen molar-refractivity contribution < 1.29 is 69.0 Å². The molecule has 3 aliphatic rings. The molecular formula is C42H30F7N7O8. The molecule has 3 aliphatic heterocycles. The second-order valence-electron chi connectivity index (χ2n) is 14.8. The number of carbonyl (C=O) groups is 6. The molecule has 2 N–H and O–H groups in total. The number of nitrogens with zero attached hydrogens (tertiary/aromatic N) is 5. The average molecular weight is 894 g/mol. The van der Waals surface area contributed by atoms with E-state index < -0.39 is 129 Å². The largest absolute Gasteiger partial charge is 0.486 e. The first-order valence-electron chi connectivity index (χ1n) is 18.8. The van der Waals surface area contributed by atoms with Crippen LogP contribution in [0.15, 0.2) is 67.1 Å². The molecule has 1 unspecified atom stereocenters. The fourth-order valence-corrected chi connectivity index (χ4v) is 7.48. The normalized spacial score (nSPS) is 17.1. The van der Waals surface area contributed by atoms with Gasteiger partial charge in [0, 0.05) is 18.1 Å². The molecule has 4 heterocycles. The molecule has 6 amide bonds. The number of carbonyl (C=O) groups excluding carboxylic acids is 6. The molecule has 2 saturated heterocycles. The zero-order valence-corrected chi connectivity index (χ0v) is 33.2. The molecule has 0 bridgehead atoms. The summed E-state index contributed by atoms with van der Waals surface area (Å²) in [6, 6.07) is 7.80. The third-order valence-corrected chi connectivity index (χ3v) is 10.4. The Morgan fingerprint density at radius 3 is 2.34 bits per heavy atom. The van der Waals surface area contributed by atoms with Crippen LogP contribution in [0.2, 0.25) is 0 Å². The number of hydrogen-bond donors (Lipinski definition) is 2. The van der Waals surface area contributed by atoms with Gasteiger partial charge in [-0.15, -0.1) is 0 Å². The molecule has 22 heteroatoms. The van der Waals surface area contributed by atoms with E-state index in [0.717, 1.165) is 28.1 Å². The number of nitrogens with one attached hydrogen (secondary N) is 2. The Balaban J connectivity index is 0.978. The molecule has 330 valence electrons.